The van der Waals surface area contributed by atoms with Gasteiger partial charge in [0.1, 0.15) is 0 Å². The number of benzene rings is 7. The Morgan fingerprint density at radius 2 is 0.922 bits per heavy atom. The molecular formula is C50H42S. The van der Waals surface area contributed by atoms with Gasteiger partial charge in [-0.15, -0.1) is 0 Å². The van der Waals surface area contributed by atoms with Gasteiger partial charge in [-0.05, 0) is 138 Å². The van der Waals surface area contributed by atoms with Gasteiger partial charge in [0.05, 0.1) is 0 Å². The molecule has 0 heterocycles. The molecule has 0 aromatic heterocycles. The van der Waals surface area contributed by atoms with Crippen LogP contribution in [0.2, 0.25) is 0 Å². The Kier molecular flexibility index (Phi) is 6.99. The first-order valence-electron chi connectivity index (χ1n) is 18.1. The number of allylic oxidation sites excluding steroid dienone is 1. The molecule has 2 aliphatic carbocycles. The van der Waals surface area contributed by atoms with Crippen molar-refractivity contribution < 1.29 is 0 Å². The first-order chi connectivity index (χ1) is 24.4. The van der Waals surface area contributed by atoms with Crippen LogP contribution in [-0.2, 0) is 17.3 Å². The molecule has 7 aromatic carbocycles. The van der Waals surface area contributed by atoms with Crippen molar-refractivity contribution in [2.45, 2.75) is 58.8 Å². The van der Waals surface area contributed by atoms with E-state index in [0.29, 0.717) is 0 Å². The third-order valence-electron chi connectivity index (χ3n) is 11.8. The second-order valence-corrected chi connectivity index (χ2v) is 16.6. The lowest BCUT2D eigenvalue weighted by molar-refractivity contribution is 0.626. The van der Waals surface area contributed by atoms with E-state index < -0.39 is 0 Å². The molecule has 0 saturated carbocycles. The summed E-state index contributed by atoms with van der Waals surface area (Å²) in [5, 5.41) is 5.06. The maximum absolute atomic E-state index is 6.26. The molecule has 7 aromatic rings. The van der Waals surface area contributed by atoms with Gasteiger partial charge in [-0.3, -0.25) is 0 Å². The number of fused-ring (bicyclic) bond motifs is 8. The van der Waals surface area contributed by atoms with Gasteiger partial charge >= 0.3 is 0 Å². The van der Waals surface area contributed by atoms with Crippen LogP contribution in [0.15, 0.2) is 133 Å². The van der Waals surface area contributed by atoms with Crippen LogP contribution in [0, 0.1) is 0 Å². The maximum Gasteiger partial charge on any atom is 0.0206 e. The van der Waals surface area contributed by atoms with Crippen molar-refractivity contribution >= 4 is 38.6 Å². The first-order valence-corrected chi connectivity index (χ1v) is 18.5. The van der Waals surface area contributed by atoms with E-state index in [4.69, 9.17) is 12.2 Å². The van der Waals surface area contributed by atoms with Crippen LogP contribution in [0.3, 0.4) is 0 Å². The molecule has 0 bridgehead atoms. The van der Waals surface area contributed by atoms with E-state index in [9.17, 15) is 0 Å². The molecule has 0 radical (unpaired) electrons. The molecule has 0 unspecified atom stereocenters. The topological polar surface area (TPSA) is 0 Å². The Morgan fingerprint density at radius 1 is 0.529 bits per heavy atom. The van der Waals surface area contributed by atoms with Crippen molar-refractivity contribution in [1.82, 2.24) is 0 Å². The molecule has 51 heavy (non-hydrogen) atoms. The molecule has 1 heteroatoms. The predicted octanol–water partition coefficient (Wildman–Crippen LogP) is 13.8. The quantitative estimate of drug-likeness (QED) is 0.0995. The predicted molar refractivity (Wildman–Crippen MR) is 223 cm³/mol. The summed E-state index contributed by atoms with van der Waals surface area (Å²) in [6, 6.07) is 45.2. The highest BCUT2D eigenvalue weighted by Gasteiger charge is 2.47. The summed E-state index contributed by atoms with van der Waals surface area (Å²) in [5.74, 6) is 0. The Labute approximate surface area is 307 Å². The minimum atomic E-state index is -0.224. The lowest BCUT2D eigenvalue weighted by Gasteiger charge is -2.32. The molecule has 0 amide bonds. The first kappa shape index (κ1) is 31.8. The van der Waals surface area contributed by atoms with Gasteiger partial charge in [-0.1, -0.05) is 149 Å². The Hall–Kier alpha value is -5.11. The van der Waals surface area contributed by atoms with Crippen LogP contribution >= 0.6 is 12.2 Å². The van der Waals surface area contributed by atoms with Crippen LogP contribution < -0.4 is 0 Å². The van der Waals surface area contributed by atoms with Gasteiger partial charge in [0.2, 0.25) is 0 Å². The number of rotatable bonds is 5. The van der Waals surface area contributed by atoms with Crippen molar-refractivity contribution in [3.8, 4) is 44.5 Å². The smallest absolute Gasteiger partial charge is 0.0206 e. The highest BCUT2D eigenvalue weighted by Crippen LogP contribution is 2.61. The zero-order valence-corrected chi connectivity index (χ0v) is 31.2. The Bertz CT molecular complexity index is 2490. The van der Waals surface area contributed by atoms with Gasteiger partial charge in [0.15, 0.2) is 0 Å². The molecule has 2 aliphatic rings. The fourth-order valence-corrected chi connectivity index (χ4v) is 9.68. The molecule has 0 spiro atoms. The SMILES string of the molecule is C=C(C)Cc1c2c(c(C(C)=S)c3c1C(C)(C)c1cc(-c4ccc5ccccc5c4)ccc1-3)-c1ccc(-c3ccc4ccccc4c3)cc1C2(C)C. The van der Waals surface area contributed by atoms with Gasteiger partial charge in [-0.25, -0.2) is 0 Å². The fraction of sp³-hybridized carbons (Fsp3) is 0.180. The molecule has 0 nitrogen and oxygen atoms in total. The van der Waals surface area contributed by atoms with E-state index in [-0.39, 0.29) is 10.8 Å². The van der Waals surface area contributed by atoms with Gasteiger partial charge in [0.25, 0.3) is 0 Å². The van der Waals surface area contributed by atoms with Crippen molar-refractivity contribution in [3.05, 3.63) is 167 Å². The summed E-state index contributed by atoms with van der Waals surface area (Å²) >= 11 is 6.26. The van der Waals surface area contributed by atoms with Crippen LogP contribution in [0.25, 0.3) is 66.1 Å². The maximum atomic E-state index is 6.26. The van der Waals surface area contributed by atoms with Crippen LogP contribution in [0.5, 0.6) is 0 Å². The van der Waals surface area contributed by atoms with E-state index in [1.807, 2.05) is 0 Å². The number of hydrogen-bond donors (Lipinski definition) is 0. The summed E-state index contributed by atoms with van der Waals surface area (Å²) in [5.41, 5.74) is 19.2. The molecular weight excluding hydrogens is 633 g/mol. The van der Waals surface area contributed by atoms with Crippen molar-refractivity contribution in [2.24, 2.45) is 0 Å². The molecule has 0 fully saturated rings. The van der Waals surface area contributed by atoms with Gasteiger partial charge in [0, 0.05) is 21.3 Å². The van der Waals surface area contributed by atoms with Crippen LogP contribution in [0.1, 0.15) is 74.9 Å². The Balaban J connectivity index is 1.29. The normalized spacial score (nSPS) is 14.6. The Morgan fingerprint density at radius 3 is 1.33 bits per heavy atom. The second kappa shape index (κ2) is 11.2. The second-order valence-electron chi connectivity index (χ2n) is 15.9. The van der Waals surface area contributed by atoms with Crippen molar-refractivity contribution in [3.63, 3.8) is 0 Å². The average molecular weight is 675 g/mol. The molecule has 0 atom stereocenters. The van der Waals surface area contributed by atoms with Gasteiger partial charge < -0.3 is 0 Å². The molecule has 0 N–H and O–H groups in total. The monoisotopic (exact) mass is 674 g/mol. The minimum absolute atomic E-state index is 0.224. The average Bonchev–Trinajstić information content (AvgIpc) is 3.50. The standard InChI is InChI=1S/C50H42S/c1-29(2)24-41-47-45(39-22-20-37(27-42(39)49(47,4)5)35-18-16-31-12-8-10-14-33(31)25-35)44(30(3)51)46-40-23-21-38(28-43(40)50(6,7)48(41)46)36-19-17-32-13-9-11-15-34(32)26-36/h8-23,25-28H,1,24H2,2-7H3. The summed E-state index contributed by atoms with van der Waals surface area (Å²) in [6.45, 7) is 18.5. The number of thiocarbonyl (C=S) groups is 1. The highest BCUT2D eigenvalue weighted by atomic mass is 32.1. The van der Waals surface area contributed by atoms with E-state index in [1.54, 1.807) is 0 Å². The van der Waals surface area contributed by atoms with Crippen molar-refractivity contribution in [2.75, 3.05) is 0 Å². The summed E-state index contributed by atoms with van der Waals surface area (Å²) in [6.07, 6.45) is 0.839. The third-order valence-corrected chi connectivity index (χ3v) is 12.0. The van der Waals surface area contributed by atoms with E-state index in [0.717, 1.165) is 11.3 Å². The highest BCUT2D eigenvalue weighted by molar-refractivity contribution is 7.80. The minimum Gasteiger partial charge on any atom is -0.0998 e. The summed E-state index contributed by atoms with van der Waals surface area (Å²) < 4.78 is 0. The zero-order valence-electron chi connectivity index (χ0n) is 30.4. The van der Waals surface area contributed by atoms with E-state index in [1.165, 1.54) is 105 Å². The summed E-state index contributed by atoms with van der Waals surface area (Å²) in [7, 11) is 0. The van der Waals surface area contributed by atoms with Crippen LogP contribution in [0.4, 0.5) is 0 Å². The molecule has 248 valence electrons. The molecule has 9 rings (SSSR count). The number of hydrogen-bond acceptors (Lipinski definition) is 1. The fourth-order valence-electron chi connectivity index (χ4n) is 9.48. The third kappa shape index (κ3) is 4.68. The lowest BCUT2D eigenvalue weighted by atomic mass is 9.71. The molecule has 0 saturated heterocycles. The largest absolute Gasteiger partial charge is 0.0998 e. The van der Waals surface area contributed by atoms with E-state index >= 15 is 0 Å². The lowest BCUT2D eigenvalue weighted by Crippen LogP contribution is -2.24. The zero-order chi connectivity index (χ0) is 35.4. The van der Waals surface area contributed by atoms with Crippen molar-refractivity contribution in [1.29, 1.82) is 0 Å². The van der Waals surface area contributed by atoms with Gasteiger partial charge in [-0.2, -0.15) is 0 Å². The summed E-state index contributed by atoms with van der Waals surface area (Å²) in [4.78, 5) is 0.953. The molecule has 0 aliphatic heterocycles. The van der Waals surface area contributed by atoms with Crippen LogP contribution in [-0.4, -0.2) is 4.86 Å². The van der Waals surface area contributed by atoms with E-state index in [2.05, 4.69) is 169 Å².